The number of rotatable bonds is 5. The Labute approximate surface area is 187 Å². The molecule has 0 radical (unpaired) electrons. The first-order valence-electron chi connectivity index (χ1n) is 10.2. The maximum absolute atomic E-state index is 13.0. The van der Waals surface area contributed by atoms with Crippen molar-refractivity contribution in [1.82, 2.24) is 9.29 Å². The Balaban J connectivity index is 1.48. The quantitative estimate of drug-likeness (QED) is 0.611. The number of carbonyl (C=O) groups excluding carboxylic acids is 1. The number of hydrogen-bond acceptors (Lipinski definition) is 5. The van der Waals surface area contributed by atoms with Gasteiger partial charge < -0.3 is 0 Å². The lowest BCUT2D eigenvalue weighted by Gasteiger charge is -2.25. The molecule has 2 aromatic carbocycles. The number of hydrogen-bond donors (Lipinski definition) is 1. The van der Waals surface area contributed by atoms with Crippen LogP contribution >= 0.6 is 11.3 Å². The van der Waals surface area contributed by atoms with E-state index in [1.165, 1.54) is 21.2 Å². The van der Waals surface area contributed by atoms with E-state index in [9.17, 15) is 13.2 Å². The van der Waals surface area contributed by atoms with Crippen molar-refractivity contribution >= 4 is 32.4 Å². The van der Waals surface area contributed by atoms with Gasteiger partial charge in [0.2, 0.25) is 10.0 Å². The van der Waals surface area contributed by atoms with E-state index in [0.717, 1.165) is 16.1 Å². The van der Waals surface area contributed by atoms with Crippen molar-refractivity contribution in [2.45, 2.75) is 44.6 Å². The van der Waals surface area contributed by atoms with E-state index in [1.807, 2.05) is 31.2 Å². The number of sulfonamides is 1. The molecule has 0 spiro atoms. The fraction of sp³-hybridized carbons (Fsp3) is 0.304. The zero-order valence-electron chi connectivity index (χ0n) is 17.8. The van der Waals surface area contributed by atoms with Gasteiger partial charge in [-0.15, -0.1) is 11.3 Å². The number of amides is 1. The molecule has 0 aliphatic carbocycles. The Morgan fingerprint density at radius 2 is 1.77 bits per heavy atom. The van der Waals surface area contributed by atoms with Gasteiger partial charge in [-0.3, -0.25) is 10.1 Å². The van der Waals surface area contributed by atoms with E-state index in [0.29, 0.717) is 34.5 Å². The van der Waals surface area contributed by atoms with Crippen LogP contribution < -0.4 is 5.32 Å². The van der Waals surface area contributed by atoms with E-state index in [1.54, 1.807) is 24.3 Å². The van der Waals surface area contributed by atoms with Crippen LogP contribution in [-0.4, -0.2) is 30.2 Å². The minimum absolute atomic E-state index is 0.217. The largest absolute Gasteiger partial charge is 0.298 e. The minimum atomic E-state index is -3.56. The average molecular weight is 456 g/mol. The van der Waals surface area contributed by atoms with Gasteiger partial charge in [-0.05, 0) is 42.7 Å². The second kappa shape index (κ2) is 8.53. The lowest BCUT2D eigenvalue weighted by molar-refractivity contribution is 0.102. The van der Waals surface area contributed by atoms with E-state index in [-0.39, 0.29) is 12.5 Å². The fourth-order valence-corrected chi connectivity index (χ4v) is 5.99. The molecule has 8 heteroatoms. The summed E-state index contributed by atoms with van der Waals surface area (Å²) in [5.41, 5.74) is 3.62. The summed E-state index contributed by atoms with van der Waals surface area (Å²) >= 11 is 1.33. The molecule has 0 saturated heterocycles. The molecule has 1 aliphatic rings. The maximum Gasteiger partial charge on any atom is 0.257 e. The van der Waals surface area contributed by atoms with Crippen molar-refractivity contribution in [3.63, 3.8) is 0 Å². The van der Waals surface area contributed by atoms with Gasteiger partial charge in [0.05, 0.1) is 17.1 Å². The third-order valence-electron chi connectivity index (χ3n) is 5.41. The van der Waals surface area contributed by atoms with Gasteiger partial charge in [-0.1, -0.05) is 43.7 Å². The first-order chi connectivity index (χ1) is 14.7. The number of aromatic nitrogens is 1. The summed E-state index contributed by atoms with van der Waals surface area (Å²) in [6.45, 7) is 6.78. The molecule has 4 rings (SSSR count). The summed E-state index contributed by atoms with van der Waals surface area (Å²) in [6.07, 6.45) is 0.524. The number of aryl methyl sites for hydroxylation is 1. The van der Waals surface area contributed by atoms with E-state index in [4.69, 9.17) is 0 Å². The fourth-order valence-electron chi connectivity index (χ4n) is 3.48. The molecule has 31 heavy (non-hydrogen) atoms. The molecule has 1 amide bonds. The molecule has 1 aromatic heterocycles. The van der Waals surface area contributed by atoms with Gasteiger partial charge in [0.1, 0.15) is 0 Å². The molecule has 6 nitrogen and oxygen atoms in total. The highest BCUT2D eigenvalue weighted by Crippen LogP contribution is 2.31. The van der Waals surface area contributed by atoms with Crippen LogP contribution in [0.15, 0.2) is 53.4 Å². The summed E-state index contributed by atoms with van der Waals surface area (Å²) in [4.78, 5) is 18.3. The van der Waals surface area contributed by atoms with Gasteiger partial charge in [0, 0.05) is 23.4 Å². The Kier molecular flexibility index (Phi) is 5.96. The third-order valence-corrected chi connectivity index (χ3v) is 8.27. The number of carbonyl (C=O) groups is 1. The predicted octanol–water partition coefficient (Wildman–Crippen LogP) is 4.57. The number of thiazole rings is 1. The minimum Gasteiger partial charge on any atom is -0.298 e. The lowest BCUT2D eigenvalue weighted by Crippen LogP contribution is -2.35. The van der Waals surface area contributed by atoms with Crippen molar-refractivity contribution in [3.8, 4) is 0 Å². The van der Waals surface area contributed by atoms with Gasteiger partial charge in [-0.2, -0.15) is 4.31 Å². The standard InChI is InChI=1S/C23H25N3O3S2/c1-15(2)17-6-8-18(9-7-17)22(27)25-23-24-20-12-13-26(14-21(20)30-23)31(28,29)19-10-4-16(3)5-11-19/h4-11,15H,12-14H2,1-3H3,(H,24,25,27). The highest BCUT2D eigenvalue weighted by molar-refractivity contribution is 7.89. The van der Waals surface area contributed by atoms with Crippen LogP contribution in [0.3, 0.4) is 0 Å². The lowest BCUT2D eigenvalue weighted by atomic mass is 10.0. The number of nitrogens with one attached hydrogen (secondary N) is 1. The number of nitrogens with zero attached hydrogens (tertiary/aromatic N) is 2. The second-order valence-corrected chi connectivity index (χ2v) is 11.0. The number of anilines is 1. The monoisotopic (exact) mass is 455 g/mol. The van der Waals surface area contributed by atoms with Crippen molar-refractivity contribution in [2.75, 3.05) is 11.9 Å². The molecule has 0 atom stereocenters. The number of benzene rings is 2. The Hall–Kier alpha value is -2.55. The average Bonchev–Trinajstić information content (AvgIpc) is 3.15. The maximum atomic E-state index is 13.0. The third kappa shape index (κ3) is 4.56. The molecule has 0 fully saturated rings. The molecule has 2 heterocycles. The molecule has 0 saturated carbocycles. The summed E-state index contributed by atoms with van der Waals surface area (Å²) in [6, 6.07) is 14.4. The van der Waals surface area contributed by atoms with E-state index < -0.39 is 10.0 Å². The molecule has 162 valence electrons. The molecule has 0 unspecified atom stereocenters. The SMILES string of the molecule is Cc1ccc(S(=O)(=O)N2CCc3nc(NC(=O)c4ccc(C(C)C)cc4)sc3C2)cc1. The van der Waals surface area contributed by atoms with Gasteiger partial charge in [-0.25, -0.2) is 13.4 Å². The van der Waals surface area contributed by atoms with Crippen molar-refractivity contribution in [1.29, 1.82) is 0 Å². The van der Waals surface area contributed by atoms with Crippen molar-refractivity contribution in [3.05, 3.63) is 75.8 Å². The predicted molar refractivity (Wildman–Crippen MR) is 123 cm³/mol. The van der Waals surface area contributed by atoms with Crippen LogP contribution in [0.1, 0.15) is 51.8 Å². The van der Waals surface area contributed by atoms with Crippen LogP contribution in [0, 0.1) is 6.92 Å². The Morgan fingerprint density at radius 1 is 1.10 bits per heavy atom. The second-order valence-electron chi connectivity index (χ2n) is 8.02. The van der Waals surface area contributed by atoms with E-state index in [2.05, 4.69) is 24.1 Å². The van der Waals surface area contributed by atoms with Crippen LogP contribution in [0.25, 0.3) is 0 Å². The highest BCUT2D eigenvalue weighted by Gasteiger charge is 2.30. The van der Waals surface area contributed by atoms with E-state index >= 15 is 0 Å². The van der Waals surface area contributed by atoms with Gasteiger partial charge in [0.25, 0.3) is 5.91 Å². The van der Waals surface area contributed by atoms with Crippen molar-refractivity contribution < 1.29 is 13.2 Å². The Bertz CT molecular complexity index is 1200. The molecule has 1 N–H and O–H groups in total. The van der Waals surface area contributed by atoms with Crippen LogP contribution in [0.5, 0.6) is 0 Å². The molecule has 3 aromatic rings. The zero-order valence-corrected chi connectivity index (χ0v) is 19.4. The summed E-state index contributed by atoms with van der Waals surface area (Å²) < 4.78 is 27.5. The topological polar surface area (TPSA) is 79.4 Å². The first-order valence-corrected chi connectivity index (χ1v) is 12.5. The summed E-state index contributed by atoms with van der Waals surface area (Å²) in [5, 5.41) is 3.35. The van der Waals surface area contributed by atoms with Crippen LogP contribution in [0.2, 0.25) is 0 Å². The van der Waals surface area contributed by atoms with Gasteiger partial charge >= 0.3 is 0 Å². The highest BCUT2D eigenvalue weighted by atomic mass is 32.2. The number of fused-ring (bicyclic) bond motifs is 1. The van der Waals surface area contributed by atoms with Crippen molar-refractivity contribution in [2.24, 2.45) is 0 Å². The zero-order chi connectivity index (χ0) is 22.2. The smallest absolute Gasteiger partial charge is 0.257 e. The molecule has 0 bridgehead atoms. The first kappa shape index (κ1) is 21.7. The normalized spacial score (nSPS) is 14.5. The van der Waals surface area contributed by atoms with Crippen LogP contribution in [-0.2, 0) is 23.0 Å². The molecule has 1 aliphatic heterocycles. The Morgan fingerprint density at radius 3 is 2.42 bits per heavy atom. The molecular formula is C23H25N3O3S2. The van der Waals surface area contributed by atoms with Gasteiger partial charge in [0.15, 0.2) is 5.13 Å². The van der Waals surface area contributed by atoms with Crippen LogP contribution in [0.4, 0.5) is 5.13 Å². The molecular weight excluding hydrogens is 430 g/mol. The summed E-state index contributed by atoms with van der Waals surface area (Å²) in [5.74, 6) is 0.187. The summed E-state index contributed by atoms with van der Waals surface area (Å²) in [7, 11) is -3.56.